The zero-order valence-corrected chi connectivity index (χ0v) is 37.9. The molecule has 0 N–H and O–H groups in total. The van der Waals surface area contributed by atoms with Crippen LogP contribution in [0.4, 0.5) is 17.1 Å². The normalized spacial score (nSPS) is 15.8. The highest BCUT2D eigenvalue weighted by Gasteiger charge is 2.51. The van der Waals surface area contributed by atoms with Crippen molar-refractivity contribution in [3.05, 3.63) is 252 Å². The number of hydrogen-bond donors (Lipinski definition) is 0. The molecule has 3 heterocycles. The molecule has 0 bridgehead atoms. The quantitative estimate of drug-likeness (QED) is 0.171. The van der Waals surface area contributed by atoms with Crippen molar-refractivity contribution in [2.45, 2.75) is 24.7 Å². The molecule has 3 heteroatoms. The monoisotopic (exact) mass is 870 g/mol. The van der Waals surface area contributed by atoms with Crippen LogP contribution in [0.1, 0.15) is 47.2 Å². The average molecular weight is 871 g/mol. The molecule has 314 valence electrons. The number of para-hydroxylation sites is 3. The van der Waals surface area contributed by atoms with Crippen molar-refractivity contribution in [1.29, 1.82) is 0 Å². The lowest BCUT2D eigenvalue weighted by molar-refractivity contribution is 0.660. The van der Waals surface area contributed by atoms with Gasteiger partial charge in [0.15, 0.2) is 0 Å². The third-order valence-electron chi connectivity index (χ3n) is 15.6. The van der Waals surface area contributed by atoms with Gasteiger partial charge in [0.2, 0.25) is 0 Å². The van der Waals surface area contributed by atoms with Gasteiger partial charge in [0.1, 0.15) is 0 Å². The SMILES string of the molecule is CC1(C)c2ccccc2-c2ccc(N(c3cccc(-c4cccc5c4sc4ccccc45)c3)c3ccc4c(c3)C3(c5ccccc5-4)c4ccccc4-n4c5ccccc5c5cccc3c54)cc21. The van der Waals surface area contributed by atoms with Crippen LogP contribution >= 0.6 is 11.3 Å². The fourth-order valence-corrected chi connectivity index (χ4v) is 14.0. The van der Waals surface area contributed by atoms with E-state index in [1.54, 1.807) is 0 Å². The van der Waals surface area contributed by atoms with Gasteiger partial charge in [-0.2, -0.15) is 0 Å². The van der Waals surface area contributed by atoms with Crippen LogP contribution in [0.2, 0.25) is 0 Å². The summed E-state index contributed by atoms with van der Waals surface area (Å²) in [4.78, 5) is 2.52. The topological polar surface area (TPSA) is 8.17 Å². The summed E-state index contributed by atoms with van der Waals surface area (Å²) in [5.74, 6) is 0. The minimum absolute atomic E-state index is 0.154. The number of fused-ring (bicyclic) bond motifs is 18. The maximum Gasteiger partial charge on any atom is 0.0755 e. The first-order valence-corrected chi connectivity index (χ1v) is 24.2. The fourth-order valence-electron chi connectivity index (χ4n) is 12.8. The molecule has 0 saturated heterocycles. The molecule has 67 heavy (non-hydrogen) atoms. The van der Waals surface area contributed by atoms with E-state index in [4.69, 9.17) is 0 Å². The Labute approximate surface area is 393 Å². The Hall–Kier alpha value is -7.98. The number of anilines is 3. The molecule has 0 fully saturated rings. The van der Waals surface area contributed by atoms with Gasteiger partial charge in [-0.05, 0) is 121 Å². The number of hydrogen-bond acceptors (Lipinski definition) is 2. The van der Waals surface area contributed by atoms with Gasteiger partial charge in [-0.25, -0.2) is 0 Å². The van der Waals surface area contributed by atoms with Gasteiger partial charge in [-0.1, -0.05) is 178 Å². The van der Waals surface area contributed by atoms with Crippen LogP contribution in [-0.2, 0) is 10.8 Å². The first-order chi connectivity index (χ1) is 33.0. The van der Waals surface area contributed by atoms with E-state index in [9.17, 15) is 0 Å². The van der Waals surface area contributed by atoms with Crippen LogP contribution in [0.25, 0.3) is 81.0 Å². The number of rotatable bonds is 4. The summed E-state index contributed by atoms with van der Waals surface area (Å²) in [5.41, 5.74) is 22.2. The Balaban J connectivity index is 1.00. The fraction of sp³-hybridized carbons (Fsp3) is 0.0625. The van der Waals surface area contributed by atoms with E-state index in [2.05, 4.69) is 242 Å². The maximum atomic E-state index is 2.54. The van der Waals surface area contributed by atoms with E-state index in [-0.39, 0.29) is 5.41 Å². The second-order valence-electron chi connectivity index (χ2n) is 19.2. The first kappa shape index (κ1) is 37.3. The molecule has 3 aliphatic rings. The van der Waals surface area contributed by atoms with Crippen molar-refractivity contribution in [2.75, 3.05) is 4.90 Å². The summed E-state index contributed by atoms with van der Waals surface area (Å²) in [7, 11) is 0. The summed E-state index contributed by atoms with van der Waals surface area (Å²) in [5, 5.41) is 5.20. The van der Waals surface area contributed by atoms with Gasteiger partial charge in [0, 0.05) is 53.4 Å². The zero-order valence-electron chi connectivity index (χ0n) is 37.1. The van der Waals surface area contributed by atoms with Crippen LogP contribution in [0.5, 0.6) is 0 Å². The largest absolute Gasteiger partial charge is 0.310 e. The van der Waals surface area contributed by atoms with E-state index in [0.717, 1.165) is 17.1 Å². The highest BCUT2D eigenvalue weighted by molar-refractivity contribution is 7.26. The molecule has 2 aromatic heterocycles. The zero-order chi connectivity index (χ0) is 44.2. The molecule has 0 amide bonds. The predicted octanol–water partition coefficient (Wildman–Crippen LogP) is 17.3. The Morgan fingerprint density at radius 1 is 0.388 bits per heavy atom. The molecule has 12 aromatic rings. The van der Waals surface area contributed by atoms with Crippen LogP contribution in [0.15, 0.2) is 218 Å². The predicted molar refractivity (Wildman–Crippen MR) is 282 cm³/mol. The molecule has 2 nitrogen and oxygen atoms in total. The van der Waals surface area contributed by atoms with E-state index >= 15 is 0 Å². The van der Waals surface area contributed by atoms with Crippen molar-refractivity contribution in [2.24, 2.45) is 0 Å². The standard InChI is InChI=1S/C64H42N2S/c1-63(2)52-25-7-3-18-44(52)46-34-32-41(37-56(46)63)65(40-17-13-16-39(36-40)43-22-14-24-51-49-21-6-12-31-60(49)67-62(43)51)42-33-35-47-45-19-4-8-26-53(45)64(57(47)38-42)54-27-9-11-30-59(54)66-58-29-10-5-20-48(58)50-23-15-28-55(64)61(50)66/h3-38H,1-2H3. The summed E-state index contributed by atoms with van der Waals surface area (Å²) in [6.07, 6.45) is 0. The van der Waals surface area contributed by atoms with Gasteiger partial charge in [0.25, 0.3) is 0 Å². The van der Waals surface area contributed by atoms with Gasteiger partial charge in [-0.3, -0.25) is 0 Å². The van der Waals surface area contributed by atoms with Crippen LogP contribution in [-0.4, -0.2) is 4.57 Å². The number of nitrogens with zero attached hydrogens (tertiary/aromatic N) is 2. The number of aromatic nitrogens is 1. The highest BCUT2D eigenvalue weighted by atomic mass is 32.1. The van der Waals surface area contributed by atoms with E-state index in [1.807, 2.05) is 11.3 Å². The average Bonchev–Trinajstić information content (AvgIpc) is 4.08. The second-order valence-corrected chi connectivity index (χ2v) is 20.2. The van der Waals surface area contributed by atoms with Gasteiger partial charge in [0.05, 0.1) is 22.1 Å². The van der Waals surface area contributed by atoms with Crippen molar-refractivity contribution in [1.82, 2.24) is 4.57 Å². The highest BCUT2D eigenvalue weighted by Crippen LogP contribution is 2.62. The molecule has 10 aromatic carbocycles. The van der Waals surface area contributed by atoms with Gasteiger partial charge >= 0.3 is 0 Å². The lowest BCUT2D eigenvalue weighted by Gasteiger charge is -2.40. The summed E-state index contributed by atoms with van der Waals surface area (Å²) in [6.45, 7) is 4.77. The maximum absolute atomic E-state index is 2.54. The van der Waals surface area contributed by atoms with Gasteiger partial charge < -0.3 is 9.47 Å². The number of benzene rings is 10. The Bertz CT molecular complexity index is 4110. The minimum atomic E-state index is -0.561. The third kappa shape index (κ3) is 4.79. The molecule has 15 rings (SSSR count). The lowest BCUT2D eigenvalue weighted by Crippen LogP contribution is -2.33. The molecule has 2 aliphatic carbocycles. The minimum Gasteiger partial charge on any atom is -0.310 e. The second kappa shape index (κ2) is 13.3. The van der Waals surface area contributed by atoms with Crippen molar-refractivity contribution < 1.29 is 0 Å². The molecule has 1 spiro atoms. The molecule has 0 radical (unpaired) electrons. The Morgan fingerprint density at radius 2 is 0.955 bits per heavy atom. The van der Waals surface area contributed by atoms with Crippen molar-refractivity contribution in [3.63, 3.8) is 0 Å². The molecule has 1 atom stereocenters. The Morgan fingerprint density at radius 3 is 1.81 bits per heavy atom. The molecule has 1 unspecified atom stereocenters. The van der Waals surface area contributed by atoms with E-state index < -0.39 is 5.41 Å². The lowest BCUT2D eigenvalue weighted by atomic mass is 9.65. The van der Waals surface area contributed by atoms with Crippen molar-refractivity contribution in [3.8, 4) is 39.1 Å². The van der Waals surface area contributed by atoms with Crippen LogP contribution in [0.3, 0.4) is 0 Å². The van der Waals surface area contributed by atoms with E-state index in [0.29, 0.717) is 0 Å². The first-order valence-electron chi connectivity index (χ1n) is 23.4. The third-order valence-corrected chi connectivity index (χ3v) is 16.8. The summed E-state index contributed by atoms with van der Waals surface area (Å²) < 4.78 is 5.17. The summed E-state index contributed by atoms with van der Waals surface area (Å²) >= 11 is 1.89. The Kier molecular flexibility index (Phi) is 7.41. The molecule has 0 saturated carbocycles. The smallest absolute Gasteiger partial charge is 0.0755 e. The number of thiophene rings is 1. The van der Waals surface area contributed by atoms with Crippen LogP contribution in [0, 0.1) is 0 Å². The van der Waals surface area contributed by atoms with Crippen molar-refractivity contribution >= 4 is 70.4 Å². The molecule has 1 aliphatic heterocycles. The van der Waals surface area contributed by atoms with E-state index in [1.165, 1.54) is 114 Å². The molecular formula is C64H42N2S. The van der Waals surface area contributed by atoms with Gasteiger partial charge in [-0.15, -0.1) is 11.3 Å². The summed E-state index contributed by atoms with van der Waals surface area (Å²) in [6, 6.07) is 82.6. The molecular weight excluding hydrogens is 829 g/mol. The van der Waals surface area contributed by atoms with Crippen LogP contribution < -0.4 is 4.90 Å².